The van der Waals surface area contributed by atoms with Crippen LogP contribution in [0.15, 0.2) is 11.0 Å². The van der Waals surface area contributed by atoms with Gasteiger partial charge in [0, 0.05) is 20.1 Å². The molecule has 2 rings (SSSR count). The molecule has 2 heterocycles. The number of amides is 1. The molecule has 6 nitrogen and oxygen atoms in total. The third-order valence-electron chi connectivity index (χ3n) is 3.51. The first-order valence-corrected chi connectivity index (χ1v) is 6.20. The Hall–Kier alpha value is -2.16. The van der Waals surface area contributed by atoms with Crippen LogP contribution in [0.1, 0.15) is 43.1 Å². The number of hydrogen-bond acceptors (Lipinski definition) is 4. The summed E-state index contributed by atoms with van der Waals surface area (Å²) in [5, 5.41) is 8.89. The van der Waals surface area contributed by atoms with Gasteiger partial charge in [0.1, 0.15) is 17.5 Å². The number of carbonyl (C=O) groups excluding carboxylic acids is 1. The Morgan fingerprint density at radius 3 is 2.79 bits per heavy atom. The molecule has 0 aromatic carbocycles. The van der Waals surface area contributed by atoms with Gasteiger partial charge in [0.2, 0.25) is 5.91 Å². The van der Waals surface area contributed by atoms with Crippen LogP contribution in [0.3, 0.4) is 0 Å². The Morgan fingerprint density at radius 1 is 1.53 bits per heavy atom. The summed E-state index contributed by atoms with van der Waals surface area (Å²) < 4.78 is 1.49. The standard InChI is InChI=1S/C13H16N4O2/c1-8-4-5-10(13(19)16(2)3)11-15-7-9(6-14)12(18)17(8)11/h7-8,10H,4-5H2,1-3H3/t8-,10+/m0/s1. The molecule has 0 saturated carbocycles. The average molecular weight is 260 g/mol. The number of nitrogens with zero attached hydrogens (tertiary/aromatic N) is 4. The fourth-order valence-corrected chi connectivity index (χ4v) is 2.45. The van der Waals surface area contributed by atoms with Gasteiger partial charge in [0.05, 0.1) is 12.1 Å². The van der Waals surface area contributed by atoms with E-state index in [1.807, 2.05) is 13.0 Å². The van der Waals surface area contributed by atoms with Crippen molar-refractivity contribution in [1.82, 2.24) is 14.5 Å². The number of carbonyl (C=O) groups is 1. The average Bonchev–Trinajstić information content (AvgIpc) is 2.38. The van der Waals surface area contributed by atoms with Crippen LogP contribution >= 0.6 is 0 Å². The molecule has 1 aliphatic rings. The zero-order valence-corrected chi connectivity index (χ0v) is 11.3. The van der Waals surface area contributed by atoms with Crippen molar-refractivity contribution in [2.45, 2.75) is 31.7 Å². The summed E-state index contributed by atoms with van der Waals surface area (Å²) in [6.07, 6.45) is 2.67. The van der Waals surface area contributed by atoms with Crippen LogP contribution < -0.4 is 5.56 Å². The largest absolute Gasteiger partial charge is 0.348 e. The Labute approximate surface area is 111 Å². The quantitative estimate of drug-likeness (QED) is 0.742. The second-order valence-corrected chi connectivity index (χ2v) is 5.03. The fraction of sp³-hybridized carbons (Fsp3) is 0.538. The molecule has 0 N–H and O–H groups in total. The van der Waals surface area contributed by atoms with Gasteiger partial charge in [-0.2, -0.15) is 5.26 Å². The summed E-state index contributed by atoms with van der Waals surface area (Å²) in [4.78, 5) is 30.0. The van der Waals surface area contributed by atoms with Crippen LogP contribution in [0.2, 0.25) is 0 Å². The van der Waals surface area contributed by atoms with Crippen molar-refractivity contribution in [3.63, 3.8) is 0 Å². The molecule has 0 spiro atoms. The lowest BCUT2D eigenvalue weighted by Crippen LogP contribution is -2.39. The van der Waals surface area contributed by atoms with Crippen molar-refractivity contribution in [3.8, 4) is 6.07 Å². The van der Waals surface area contributed by atoms with Crippen LogP contribution in [0, 0.1) is 11.3 Å². The minimum absolute atomic E-state index is 0.0218. The smallest absolute Gasteiger partial charge is 0.271 e. The van der Waals surface area contributed by atoms with Gasteiger partial charge in [0.15, 0.2) is 0 Å². The molecule has 2 atom stereocenters. The van der Waals surface area contributed by atoms with Crippen LogP contribution in [-0.2, 0) is 4.79 Å². The number of likely N-dealkylation sites (N-methyl/N-ethyl adjacent to an activating group) is 1. The summed E-state index contributed by atoms with van der Waals surface area (Å²) >= 11 is 0. The van der Waals surface area contributed by atoms with Crippen molar-refractivity contribution < 1.29 is 4.79 Å². The van der Waals surface area contributed by atoms with E-state index in [-0.39, 0.29) is 23.1 Å². The topological polar surface area (TPSA) is 79.0 Å². The molecule has 0 fully saturated rings. The van der Waals surface area contributed by atoms with Crippen molar-refractivity contribution in [2.75, 3.05) is 14.1 Å². The summed E-state index contributed by atoms with van der Waals surface area (Å²) in [5.74, 6) is 0.0188. The molecule has 1 aromatic rings. The van der Waals surface area contributed by atoms with Gasteiger partial charge in [-0.3, -0.25) is 14.2 Å². The molecule has 19 heavy (non-hydrogen) atoms. The first-order valence-electron chi connectivity index (χ1n) is 6.20. The van der Waals surface area contributed by atoms with E-state index >= 15 is 0 Å². The lowest BCUT2D eigenvalue weighted by molar-refractivity contribution is -0.131. The van der Waals surface area contributed by atoms with E-state index in [0.717, 1.165) is 6.42 Å². The van der Waals surface area contributed by atoms with E-state index in [0.29, 0.717) is 12.2 Å². The van der Waals surface area contributed by atoms with Gasteiger partial charge < -0.3 is 4.90 Å². The van der Waals surface area contributed by atoms with Gasteiger partial charge in [-0.25, -0.2) is 4.98 Å². The molecule has 1 aliphatic heterocycles. The van der Waals surface area contributed by atoms with E-state index < -0.39 is 5.92 Å². The van der Waals surface area contributed by atoms with Crippen LogP contribution in [0.25, 0.3) is 0 Å². The highest BCUT2D eigenvalue weighted by Crippen LogP contribution is 2.31. The van der Waals surface area contributed by atoms with Crippen molar-refractivity contribution >= 4 is 5.91 Å². The third kappa shape index (κ3) is 2.12. The molecular formula is C13H16N4O2. The highest BCUT2D eigenvalue weighted by molar-refractivity contribution is 5.82. The van der Waals surface area contributed by atoms with Crippen LogP contribution in [0.4, 0.5) is 0 Å². The summed E-state index contributed by atoms with van der Waals surface area (Å²) in [6.45, 7) is 1.91. The first kappa shape index (κ1) is 13.3. The second-order valence-electron chi connectivity index (χ2n) is 5.03. The Bertz CT molecular complexity index is 612. The molecule has 100 valence electrons. The third-order valence-corrected chi connectivity index (χ3v) is 3.51. The molecule has 6 heteroatoms. The number of fused-ring (bicyclic) bond motifs is 1. The second kappa shape index (κ2) is 4.84. The van der Waals surface area contributed by atoms with E-state index in [4.69, 9.17) is 5.26 Å². The van der Waals surface area contributed by atoms with Gasteiger partial charge in [-0.15, -0.1) is 0 Å². The molecule has 1 amide bonds. The number of aromatic nitrogens is 2. The summed E-state index contributed by atoms with van der Waals surface area (Å²) in [6, 6.07) is 1.81. The van der Waals surface area contributed by atoms with Gasteiger partial charge in [0.25, 0.3) is 5.56 Å². The summed E-state index contributed by atoms with van der Waals surface area (Å²) in [5.41, 5.74) is -0.329. The molecule has 0 unspecified atom stereocenters. The molecular weight excluding hydrogens is 244 g/mol. The maximum Gasteiger partial charge on any atom is 0.271 e. The zero-order valence-electron chi connectivity index (χ0n) is 11.3. The maximum atomic E-state index is 12.2. The van der Waals surface area contributed by atoms with Crippen molar-refractivity contribution in [3.05, 3.63) is 27.9 Å². The maximum absolute atomic E-state index is 12.2. The van der Waals surface area contributed by atoms with Crippen molar-refractivity contribution in [2.24, 2.45) is 0 Å². The fourth-order valence-electron chi connectivity index (χ4n) is 2.45. The minimum atomic E-state index is -0.397. The zero-order chi connectivity index (χ0) is 14.2. The molecule has 0 radical (unpaired) electrons. The normalized spacial score (nSPS) is 21.4. The predicted octanol–water partition coefficient (Wildman–Crippen LogP) is 0.642. The number of rotatable bonds is 1. The van der Waals surface area contributed by atoms with E-state index in [1.165, 1.54) is 15.7 Å². The van der Waals surface area contributed by atoms with E-state index in [1.54, 1.807) is 14.1 Å². The van der Waals surface area contributed by atoms with Crippen LogP contribution in [0.5, 0.6) is 0 Å². The van der Waals surface area contributed by atoms with E-state index in [9.17, 15) is 9.59 Å². The van der Waals surface area contributed by atoms with E-state index in [2.05, 4.69) is 4.98 Å². The predicted molar refractivity (Wildman–Crippen MR) is 68.6 cm³/mol. The highest BCUT2D eigenvalue weighted by Gasteiger charge is 2.33. The molecule has 1 aromatic heterocycles. The van der Waals surface area contributed by atoms with Crippen molar-refractivity contribution in [1.29, 1.82) is 5.26 Å². The Morgan fingerprint density at radius 2 is 2.21 bits per heavy atom. The minimum Gasteiger partial charge on any atom is -0.348 e. The van der Waals surface area contributed by atoms with Gasteiger partial charge in [-0.05, 0) is 19.8 Å². The monoisotopic (exact) mass is 260 g/mol. The Kier molecular flexibility index (Phi) is 3.38. The highest BCUT2D eigenvalue weighted by atomic mass is 16.2. The first-order chi connectivity index (χ1) is 8.97. The molecule has 0 bridgehead atoms. The van der Waals surface area contributed by atoms with Crippen LogP contribution in [-0.4, -0.2) is 34.5 Å². The van der Waals surface area contributed by atoms with Gasteiger partial charge >= 0.3 is 0 Å². The number of hydrogen-bond donors (Lipinski definition) is 0. The lowest BCUT2D eigenvalue weighted by atomic mass is 9.93. The molecule has 0 saturated heterocycles. The van der Waals surface area contributed by atoms with Gasteiger partial charge in [-0.1, -0.05) is 0 Å². The number of nitriles is 1. The Balaban J connectivity index is 2.59. The summed E-state index contributed by atoms with van der Waals surface area (Å²) in [7, 11) is 3.37. The molecule has 0 aliphatic carbocycles. The SMILES string of the molecule is C[C@H]1CC[C@@H](C(=O)N(C)C)c2ncc(C#N)c(=O)n21. The lowest BCUT2D eigenvalue weighted by Gasteiger charge is -2.30.